The van der Waals surface area contributed by atoms with Crippen LogP contribution >= 0.6 is 0 Å². The van der Waals surface area contributed by atoms with Crippen molar-refractivity contribution in [2.75, 3.05) is 7.11 Å². The van der Waals surface area contributed by atoms with E-state index in [0.29, 0.717) is 11.3 Å². The second-order valence-electron chi connectivity index (χ2n) is 3.32. The third kappa shape index (κ3) is 2.54. The molecule has 0 aliphatic rings. The summed E-state index contributed by atoms with van der Waals surface area (Å²) in [5.74, 6) is -0.0715. The number of hydrogen-bond donors (Lipinski definition) is 1. The van der Waals surface area contributed by atoms with Crippen LogP contribution in [0.4, 0.5) is 0 Å². The van der Waals surface area contributed by atoms with Crippen LogP contribution in [-0.2, 0) is 4.79 Å². The highest BCUT2D eigenvalue weighted by Gasteiger charge is 2.11. The van der Waals surface area contributed by atoms with Crippen molar-refractivity contribution >= 4 is 12.0 Å². The first-order chi connectivity index (χ1) is 8.70. The molecule has 0 amide bonds. The van der Waals surface area contributed by atoms with Crippen LogP contribution in [0.5, 0.6) is 5.75 Å². The molecule has 92 valence electrons. The molecule has 1 aromatic carbocycles. The highest BCUT2D eigenvalue weighted by molar-refractivity contribution is 5.84. The Kier molecular flexibility index (Phi) is 3.38. The summed E-state index contributed by atoms with van der Waals surface area (Å²) in [7, 11) is 1.54. The van der Waals surface area contributed by atoms with Crippen molar-refractivity contribution in [3.05, 3.63) is 36.2 Å². The molecule has 1 N–H and O–H groups in total. The summed E-state index contributed by atoms with van der Waals surface area (Å²) >= 11 is 0. The molecule has 0 unspecified atom stereocenters. The van der Waals surface area contributed by atoms with E-state index in [9.17, 15) is 4.79 Å². The Morgan fingerprint density at radius 1 is 1.39 bits per heavy atom. The van der Waals surface area contributed by atoms with Gasteiger partial charge in [0.25, 0.3) is 5.89 Å². The Morgan fingerprint density at radius 2 is 2.17 bits per heavy atom. The predicted octanol–water partition coefficient (Wildman–Crippen LogP) is 1.84. The molecule has 0 saturated carbocycles. The summed E-state index contributed by atoms with van der Waals surface area (Å²) in [6.07, 6.45) is 2.16. The minimum atomic E-state index is -1.08. The number of nitrogens with zero attached hydrogens (tertiary/aromatic N) is 2. The summed E-state index contributed by atoms with van der Waals surface area (Å²) in [4.78, 5) is 10.4. The zero-order chi connectivity index (χ0) is 13.0. The normalized spacial score (nSPS) is 10.7. The monoisotopic (exact) mass is 246 g/mol. The summed E-state index contributed by atoms with van der Waals surface area (Å²) in [6, 6.07) is 7.18. The van der Waals surface area contributed by atoms with Gasteiger partial charge in [0, 0.05) is 12.2 Å². The van der Waals surface area contributed by atoms with Crippen molar-refractivity contribution < 1.29 is 19.1 Å². The number of carbonyl (C=O) groups is 1. The van der Waals surface area contributed by atoms with E-state index in [1.807, 2.05) is 12.1 Å². The van der Waals surface area contributed by atoms with Crippen LogP contribution in [0.15, 0.2) is 34.8 Å². The lowest BCUT2D eigenvalue weighted by atomic mass is 10.2. The molecular weight excluding hydrogens is 236 g/mol. The lowest BCUT2D eigenvalue weighted by molar-refractivity contribution is -0.131. The van der Waals surface area contributed by atoms with Crippen LogP contribution in [0.1, 0.15) is 5.89 Å². The molecule has 2 rings (SSSR count). The highest BCUT2D eigenvalue weighted by Crippen LogP contribution is 2.28. The first-order valence-electron chi connectivity index (χ1n) is 5.08. The number of para-hydroxylation sites is 1. The van der Waals surface area contributed by atoms with Crippen LogP contribution in [0, 0.1) is 0 Å². The smallest absolute Gasteiger partial charge is 0.328 e. The summed E-state index contributed by atoms with van der Waals surface area (Å²) < 4.78 is 10.5. The fourth-order valence-corrected chi connectivity index (χ4v) is 1.37. The third-order valence-electron chi connectivity index (χ3n) is 2.15. The standard InChI is InChI=1S/C12H10N2O4/c1-17-9-5-3-2-4-8(9)12-14-13-10(18-12)6-7-11(15)16/h2-7H,1H3,(H,15,16)/b7-6-. The maximum atomic E-state index is 10.4. The molecule has 1 aromatic heterocycles. The Morgan fingerprint density at radius 3 is 2.89 bits per heavy atom. The number of aliphatic carboxylic acids is 1. The molecule has 1 heterocycles. The Balaban J connectivity index is 2.32. The van der Waals surface area contributed by atoms with Gasteiger partial charge in [-0.25, -0.2) is 4.79 Å². The van der Waals surface area contributed by atoms with Crippen molar-refractivity contribution in [1.82, 2.24) is 10.2 Å². The van der Waals surface area contributed by atoms with Crippen LogP contribution < -0.4 is 4.74 Å². The Hall–Kier alpha value is -2.63. The summed E-state index contributed by atoms with van der Waals surface area (Å²) in [6.45, 7) is 0. The van der Waals surface area contributed by atoms with Gasteiger partial charge in [0.15, 0.2) is 0 Å². The largest absolute Gasteiger partial charge is 0.496 e. The highest BCUT2D eigenvalue weighted by atomic mass is 16.5. The lowest BCUT2D eigenvalue weighted by Crippen LogP contribution is -1.87. The molecule has 0 spiro atoms. The predicted molar refractivity (Wildman–Crippen MR) is 63.0 cm³/mol. The topological polar surface area (TPSA) is 85.5 Å². The fraction of sp³-hybridized carbons (Fsp3) is 0.0833. The number of carboxylic acids is 1. The molecule has 2 aromatic rings. The molecule has 0 saturated heterocycles. The van der Waals surface area contributed by atoms with Gasteiger partial charge < -0.3 is 14.3 Å². The fourth-order valence-electron chi connectivity index (χ4n) is 1.37. The SMILES string of the molecule is COc1ccccc1-c1nnc(/C=C\C(=O)O)o1. The maximum Gasteiger partial charge on any atom is 0.328 e. The number of aromatic nitrogens is 2. The minimum Gasteiger partial charge on any atom is -0.496 e. The molecule has 18 heavy (non-hydrogen) atoms. The lowest BCUT2D eigenvalue weighted by Gasteiger charge is -2.02. The number of hydrogen-bond acceptors (Lipinski definition) is 5. The molecule has 0 aliphatic carbocycles. The van der Waals surface area contributed by atoms with Crippen LogP contribution in [0.25, 0.3) is 17.5 Å². The van der Waals surface area contributed by atoms with Gasteiger partial charge in [0.05, 0.1) is 12.7 Å². The second-order valence-corrected chi connectivity index (χ2v) is 3.32. The average molecular weight is 246 g/mol. The Labute approximate surface area is 103 Å². The molecule has 0 aliphatic heterocycles. The quantitative estimate of drug-likeness (QED) is 0.828. The number of ether oxygens (including phenoxy) is 1. The van der Waals surface area contributed by atoms with E-state index in [0.717, 1.165) is 6.08 Å². The number of carboxylic acid groups (broad SMARTS) is 1. The van der Waals surface area contributed by atoms with Crippen molar-refractivity contribution in [2.45, 2.75) is 0 Å². The second kappa shape index (κ2) is 5.13. The molecule has 0 radical (unpaired) electrons. The first-order valence-corrected chi connectivity index (χ1v) is 5.08. The van der Waals surface area contributed by atoms with E-state index >= 15 is 0 Å². The van der Waals surface area contributed by atoms with E-state index < -0.39 is 5.97 Å². The summed E-state index contributed by atoms with van der Waals surface area (Å²) in [5.41, 5.74) is 0.655. The molecule has 6 nitrogen and oxygen atoms in total. The van der Waals surface area contributed by atoms with E-state index in [-0.39, 0.29) is 11.8 Å². The van der Waals surface area contributed by atoms with Gasteiger partial charge in [-0.05, 0) is 12.1 Å². The van der Waals surface area contributed by atoms with E-state index in [1.54, 1.807) is 19.2 Å². The van der Waals surface area contributed by atoms with E-state index in [2.05, 4.69) is 10.2 Å². The Bertz CT molecular complexity index is 589. The van der Waals surface area contributed by atoms with Crippen molar-refractivity contribution in [2.24, 2.45) is 0 Å². The number of rotatable bonds is 4. The van der Waals surface area contributed by atoms with Gasteiger partial charge in [0.1, 0.15) is 5.75 Å². The van der Waals surface area contributed by atoms with E-state index in [1.165, 1.54) is 6.08 Å². The van der Waals surface area contributed by atoms with Crippen molar-refractivity contribution in [3.8, 4) is 17.2 Å². The summed E-state index contributed by atoms with van der Waals surface area (Å²) in [5, 5.41) is 16.0. The van der Waals surface area contributed by atoms with Gasteiger partial charge in [-0.2, -0.15) is 0 Å². The molecule has 6 heteroatoms. The maximum absolute atomic E-state index is 10.4. The number of benzene rings is 1. The van der Waals surface area contributed by atoms with Crippen LogP contribution in [0.2, 0.25) is 0 Å². The molecule has 0 fully saturated rings. The van der Waals surface area contributed by atoms with Crippen molar-refractivity contribution in [1.29, 1.82) is 0 Å². The van der Waals surface area contributed by atoms with Gasteiger partial charge in [0.2, 0.25) is 5.89 Å². The van der Waals surface area contributed by atoms with Gasteiger partial charge in [-0.3, -0.25) is 0 Å². The van der Waals surface area contributed by atoms with Gasteiger partial charge in [-0.1, -0.05) is 12.1 Å². The molecule has 0 atom stereocenters. The minimum absolute atomic E-state index is 0.123. The van der Waals surface area contributed by atoms with Gasteiger partial charge >= 0.3 is 5.97 Å². The van der Waals surface area contributed by atoms with Crippen LogP contribution in [-0.4, -0.2) is 28.4 Å². The zero-order valence-electron chi connectivity index (χ0n) is 9.53. The molecule has 0 bridgehead atoms. The van der Waals surface area contributed by atoms with Crippen LogP contribution in [0.3, 0.4) is 0 Å². The van der Waals surface area contributed by atoms with Gasteiger partial charge in [-0.15, -0.1) is 10.2 Å². The molecular formula is C12H10N2O4. The third-order valence-corrected chi connectivity index (χ3v) is 2.15. The average Bonchev–Trinajstić information content (AvgIpc) is 2.85. The number of methoxy groups -OCH3 is 1. The van der Waals surface area contributed by atoms with Crippen molar-refractivity contribution in [3.63, 3.8) is 0 Å². The van der Waals surface area contributed by atoms with E-state index in [4.69, 9.17) is 14.3 Å². The zero-order valence-corrected chi connectivity index (χ0v) is 9.53. The first kappa shape index (κ1) is 11.8.